The van der Waals surface area contributed by atoms with Crippen molar-refractivity contribution >= 4 is 23.9 Å². The summed E-state index contributed by atoms with van der Waals surface area (Å²) >= 11 is 5.73. The van der Waals surface area contributed by atoms with E-state index in [1.54, 1.807) is 48.5 Å². The molecule has 4 nitrogen and oxygen atoms in total. The first-order valence-electron chi connectivity index (χ1n) is 5.81. The second kappa shape index (κ2) is 6.73. The van der Waals surface area contributed by atoms with E-state index in [4.69, 9.17) is 21.1 Å². The number of esters is 1. The van der Waals surface area contributed by atoms with Crippen LogP contribution in [-0.4, -0.2) is 18.9 Å². The maximum absolute atomic E-state index is 11.6. The van der Waals surface area contributed by atoms with Gasteiger partial charge in [-0.2, -0.15) is 0 Å². The van der Waals surface area contributed by atoms with Crippen LogP contribution in [0.25, 0.3) is 0 Å². The number of carbonyl (C=O) groups excluding carboxylic acids is 2. The minimum atomic E-state index is -0.529. The molecule has 0 unspecified atom stereocenters. The van der Waals surface area contributed by atoms with Gasteiger partial charge in [0.1, 0.15) is 17.8 Å². The van der Waals surface area contributed by atoms with Crippen LogP contribution >= 0.6 is 11.6 Å². The van der Waals surface area contributed by atoms with Gasteiger partial charge in [-0.05, 0) is 48.5 Å². The Bertz CT molecular complexity index is 590. The average Bonchev–Trinajstić information content (AvgIpc) is 2.47. The molecule has 0 aliphatic heterocycles. The molecule has 2 rings (SSSR count). The molecule has 0 aliphatic carbocycles. The molecule has 0 saturated carbocycles. The largest absolute Gasteiger partial charge is 0.482 e. The molecule has 0 saturated heterocycles. The molecule has 2 aromatic rings. The summed E-state index contributed by atoms with van der Waals surface area (Å²) in [5.41, 5.74) is 0.516. The number of benzene rings is 2. The van der Waals surface area contributed by atoms with Crippen molar-refractivity contribution in [3.8, 4) is 11.5 Å². The van der Waals surface area contributed by atoms with E-state index in [0.717, 1.165) is 6.29 Å². The molecule has 0 amide bonds. The third-order valence-electron chi connectivity index (χ3n) is 2.42. The predicted molar refractivity (Wildman–Crippen MR) is 74.4 cm³/mol. The van der Waals surface area contributed by atoms with E-state index in [0.29, 0.717) is 22.1 Å². The lowest BCUT2D eigenvalue weighted by Crippen LogP contribution is -2.17. The Morgan fingerprint density at radius 3 is 2.20 bits per heavy atom. The summed E-state index contributed by atoms with van der Waals surface area (Å²) < 4.78 is 10.3. The van der Waals surface area contributed by atoms with E-state index in [2.05, 4.69) is 0 Å². The maximum atomic E-state index is 11.6. The molecule has 0 radical (unpaired) electrons. The summed E-state index contributed by atoms with van der Waals surface area (Å²) in [4.78, 5) is 22.1. The second-order valence-corrected chi connectivity index (χ2v) is 4.34. The molecule has 0 heterocycles. The van der Waals surface area contributed by atoms with Crippen molar-refractivity contribution in [2.45, 2.75) is 0 Å². The van der Waals surface area contributed by atoms with Crippen LogP contribution < -0.4 is 9.47 Å². The summed E-state index contributed by atoms with van der Waals surface area (Å²) in [6.07, 6.45) is 0.718. The van der Waals surface area contributed by atoms with Gasteiger partial charge < -0.3 is 9.47 Å². The first-order chi connectivity index (χ1) is 9.67. The molecule has 0 atom stereocenters. The van der Waals surface area contributed by atoms with Crippen molar-refractivity contribution in [3.05, 3.63) is 59.1 Å². The standard InChI is InChI=1S/C15H11ClO4/c16-12-3-7-13(8-4-12)19-10-15(18)20-14-5-1-11(9-17)2-6-14/h1-9H,10H2. The fraction of sp³-hybridized carbons (Fsp3) is 0.0667. The minimum Gasteiger partial charge on any atom is -0.482 e. The topological polar surface area (TPSA) is 52.6 Å². The molecule has 102 valence electrons. The lowest BCUT2D eigenvalue weighted by Gasteiger charge is -2.06. The van der Waals surface area contributed by atoms with Crippen LogP contribution in [-0.2, 0) is 4.79 Å². The number of rotatable bonds is 5. The molecule has 0 aliphatic rings. The summed E-state index contributed by atoms with van der Waals surface area (Å²) in [6, 6.07) is 12.9. The summed E-state index contributed by atoms with van der Waals surface area (Å²) in [5, 5.41) is 0.593. The van der Waals surface area contributed by atoms with Gasteiger partial charge in [0, 0.05) is 10.6 Å². The molecule has 2 aromatic carbocycles. The molecule has 0 bridgehead atoms. The fourth-order valence-electron chi connectivity index (χ4n) is 1.45. The lowest BCUT2D eigenvalue weighted by atomic mass is 10.2. The zero-order valence-corrected chi connectivity index (χ0v) is 11.2. The highest BCUT2D eigenvalue weighted by molar-refractivity contribution is 6.30. The van der Waals surface area contributed by atoms with Gasteiger partial charge in [0.05, 0.1) is 0 Å². The lowest BCUT2D eigenvalue weighted by molar-refractivity contribution is -0.136. The Hall–Kier alpha value is -2.33. The maximum Gasteiger partial charge on any atom is 0.349 e. The first-order valence-corrected chi connectivity index (χ1v) is 6.19. The highest BCUT2D eigenvalue weighted by atomic mass is 35.5. The molecule has 0 fully saturated rings. The monoisotopic (exact) mass is 290 g/mol. The van der Waals surface area contributed by atoms with Crippen LogP contribution in [0.4, 0.5) is 0 Å². The van der Waals surface area contributed by atoms with Crippen molar-refractivity contribution in [1.29, 1.82) is 0 Å². The quantitative estimate of drug-likeness (QED) is 0.482. The van der Waals surface area contributed by atoms with Gasteiger partial charge in [-0.1, -0.05) is 11.6 Å². The van der Waals surface area contributed by atoms with E-state index >= 15 is 0 Å². The minimum absolute atomic E-state index is 0.211. The van der Waals surface area contributed by atoms with Crippen molar-refractivity contribution in [2.75, 3.05) is 6.61 Å². The second-order valence-electron chi connectivity index (χ2n) is 3.90. The molecule has 20 heavy (non-hydrogen) atoms. The van der Waals surface area contributed by atoms with Crippen LogP contribution in [0.15, 0.2) is 48.5 Å². The van der Waals surface area contributed by atoms with Gasteiger partial charge in [-0.25, -0.2) is 4.79 Å². The molecular formula is C15H11ClO4. The normalized spacial score (nSPS) is 9.85. The van der Waals surface area contributed by atoms with Gasteiger partial charge in [0.25, 0.3) is 0 Å². The van der Waals surface area contributed by atoms with Crippen LogP contribution in [0.1, 0.15) is 10.4 Å². The van der Waals surface area contributed by atoms with Crippen molar-refractivity contribution in [3.63, 3.8) is 0 Å². The molecule has 0 spiro atoms. The van der Waals surface area contributed by atoms with E-state index in [1.165, 1.54) is 0 Å². The highest BCUT2D eigenvalue weighted by Crippen LogP contribution is 2.16. The van der Waals surface area contributed by atoms with Gasteiger partial charge in [0.2, 0.25) is 0 Å². The Kier molecular flexibility index (Phi) is 4.74. The molecular weight excluding hydrogens is 280 g/mol. The van der Waals surface area contributed by atoms with E-state index in [1.807, 2.05) is 0 Å². The predicted octanol–water partition coefficient (Wildman–Crippen LogP) is 3.14. The van der Waals surface area contributed by atoms with Gasteiger partial charge in [-0.3, -0.25) is 4.79 Å². The molecule has 0 N–H and O–H groups in total. The van der Waals surface area contributed by atoms with Crippen molar-refractivity contribution < 1.29 is 19.1 Å². The van der Waals surface area contributed by atoms with E-state index in [-0.39, 0.29) is 6.61 Å². The zero-order valence-electron chi connectivity index (χ0n) is 10.4. The third-order valence-corrected chi connectivity index (χ3v) is 2.67. The van der Waals surface area contributed by atoms with Gasteiger partial charge in [0.15, 0.2) is 6.61 Å². The molecule has 5 heteroatoms. The number of aldehydes is 1. The number of halogens is 1. The summed E-state index contributed by atoms with van der Waals surface area (Å²) in [6.45, 7) is -0.211. The Morgan fingerprint density at radius 1 is 1.00 bits per heavy atom. The Labute approximate surface area is 120 Å². The number of carbonyl (C=O) groups is 2. The van der Waals surface area contributed by atoms with Crippen LogP contribution in [0.5, 0.6) is 11.5 Å². The van der Waals surface area contributed by atoms with Gasteiger partial charge in [-0.15, -0.1) is 0 Å². The fourth-order valence-corrected chi connectivity index (χ4v) is 1.57. The highest BCUT2D eigenvalue weighted by Gasteiger charge is 2.06. The average molecular weight is 291 g/mol. The summed E-state index contributed by atoms with van der Waals surface area (Å²) in [7, 11) is 0. The molecule has 0 aromatic heterocycles. The van der Waals surface area contributed by atoms with E-state index < -0.39 is 5.97 Å². The Balaban J connectivity index is 1.85. The van der Waals surface area contributed by atoms with E-state index in [9.17, 15) is 9.59 Å². The number of hydrogen-bond acceptors (Lipinski definition) is 4. The SMILES string of the molecule is O=Cc1ccc(OC(=O)COc2ccc(Cl)cc2)cc1. The number of ether oxygens (including phenoxy) is 2. The Morgan fingerprint density at radius 2 is 1.60 bits per heavy atom. The van der Waals surface area contributed by atoms with Crippen LogP contribution in [0, 0.1) is 0 Å². The first kappa shape index (κ1) is 14.1. The van der Waals surface area contributed by atoms with Crippen LogP contribution in [0.3, 0.4) is 0 Å². The van der Waals surface area contributed by atoms with Crippen LogP contribution in [0.2, 0.25) is 5.02 Å². The number of hydrogen-bond donors (Lipinski definition) is 0. The zero-order chi connectivity index (χ0) is 14.4. The van der Waals surface area contributed by atoms with Crippen molar-refractivity contribution in [1.82, 2.24) is 0 Å². The smallest absolute Gasteiger partial charge is 0.349 e. The van der Waals surface area contributed by atoms with Gasteiger partial charge >= 0.3 is 5.97 Å². The summed E-state index contributed by atoms with van der Waals surface area (Å²) in [5.74, 6) is 0.363. The third kappa shape index (κ3) is 4.10. The van der Waals surface area contributed by atoms with Crippen molar-refractivity contribution in [2.24, 2.45) is 0 Å².